The minimum absolute atomic E-state index is 0.0516. The van der Waals surface area contributed by atoms with Gasteiger partial charge in [0.25, 0.3) is 5.70 Å². The molecule has 0 saturated heterocycles. The van der Waals surface area contributed by atoms with Gasteiger partial charge in [-0.05, 0) is 6.92 Å². The predicted octanol–water partition coefficient (Wildman–Crippen LogP) is 1.12. The summed E-state index contributed by atoms with van der Waals surface area (Å²) >= 11 is 0. The molecule has 0 bridgehead atoms. The van der Waals surface area contributed by atoms with Gasteiger partial charge in [-0.1, -0.05) is 0 Å². The molecule has 82 valence electrons. The lowest BCUT2D eigenvalue weighted by Gasteiger charge is -2.14. The number of nitrogens with zero attached hydrogens (tertiary/aromatic N) is 1. The number of rotatable bonds is 4. The van der Waals surface area contributed by atoms with Crippen molar-refractivity contribution in [2.75, 3.05) is 13.7 Å². The molecule has 0 fully saturated rings. The Bertz CT molecular complexity index is 344. The standard InChI is InChI=1S/C9H12N2O4/c1-3-15-6-7-8(11(12)13)4-5-9(10-7)14-2/h4-6,10H,3H2,1-2H3. The molecular weight excluding hydrogens is 200 g/mol. The highest BCUT2D eigenvalue weighted by Crippen LogP contribution is 2.15. The van der Waals surface area contributed by atoms with Crippen molar-refractivity contribution in [1.29, 1.82) is 0 Å². The van der Waals surface area contributed by atoms with Crippen LogP contribution >= 0.6 is 0 Å². The van der Waals surface area contributed by atoms with Gasteiger partial charge in [0.2, 0.25) is 0 Å². The molecule has 15 heavy (non-hydrogen) atoms. The third kappa shape index (κ3) is 2.73. The van der Waals surface area contributed by atoms with Crippen molar-refractivity contribution >= 4 is 0 Å². The highest BCUT2D eigenvalue weighted by Gasteiger charge is 2.22. The number of hydrogen-bond acceptors (Lipinski definition) is 5. The van der Waals surface area contributed by atoms with Crippen LogP contribution in [0, 0.1) is 10.1 Å². The van der Waals surface area contributed by atoms with Gasteiger partial charge in [-0.25, -0.2) is 0 Å². The maximum Gasteiger partial charge on any atom is 0.296 e. The Labute approximate surface area is 87.0 Å². The summed E-state index contributed by atoms with van der Waals surface area (Å²) in [6.45, 7) is 2.24. The van der Waals surface area contributed by atoms with Crippen molar-refractivity contribution in [3.05, 3.63) is 45.8 Å². The summed E-state index contributed by atoms with van der Waals surface area (Å²) in [5, 5.41) is 13.4. The van der Waals surface area contributed by atoms with Crippen molar-refractivity contribution in [2.24, 2.45) is 0 Å². The second-order valence-corrected chi connectivity index (χ2v) is 2.66. The fourth-order valence-corrected chi connectivity index (χ4v) is 1.02. The number of nitrogens with one attached hydrogen (secondary N) is 1. The third-order valence-corrected chi connectivity index (χ3v) is 1.71. The van der Waals surface area contributed by atoms with E-state index in [0.29, 0.717) is 12.5 Å². The first-order valence-electron chi connectivity index (χ1n) is 4.38. The summed E-state index contributed by atoms with van der Waals surface area (Å²) in [5.74, 6) is 0.437. The molecular formula is C9H12N2O4. The topological polar surface area (TPSA) is 73.6 Å². The molecule has 0 saturated carbocycles. The summed E-state index contributed by atoms with van der Waals surface area (Å²) in [6.07, 6.45) is 4.16. The van der Waals surface area contributed by atoms with Gasteiger partial charge < -0.3 is 14.8 Å². The zero-order valence-corrected chi connectivity index (χ0v) is 8.52. The molecule has 0 amide bonds. The van der Waals surface area contributed by atoms with Crippen LogP contribution in [-0.2, 0) is 9.47 Å². The number of allylic oxidation sites excluding steroid dienone is 2. The van der Waals surface area contributed by atoms with Gasteiger partial charge in [0.05, 0.1) is 18.6 Å². The molecule has 0 atom stereocenters. The molecule has 0 aromatic heterocycles. The minimum atomic E-state index is -0.485. The summed E-state index contributed by atoms with van der Waals surface area (Å²) in [6, 6.07) is 0. The zero-order chi connectivity index (χ0) is 11.3. The predicted molar refractivity (Wildman–Crippen MR) is 53.0 cm³/mol. The molecule has 0 aromatic carbocycles. The van der Waals surface area contributed by atoms with Crippen molar-refractivity contribution in [3.63, 3.8) is 0 Å². The van der Waals surface area contributed by atoms with Crippen LogP contribution in [0.15, 0.2) is 35.7 Å². The van der Waals surface area contributed by atoms with Gasteiger partial charge in [0.1, 0.15) is 6.26 Å². The molecule has 6 heteroatoms. The minimum Gasteiger partial charge on any atom is -0.499 e. The van der Waals surface area contributed by atoms with Crippen molar-refractivity contribution < 1.29 is 14.4 Å². The maximum absolute atomic E-state index is 10.7. The van der Waals surface area contributed by atoms with Crippen LogP contribution in [0.1, 0.15) is 6.92 Å². The van der Waals surface area contributed by atoms with E-state index in [1.807, 2.05) is 0 Å². The second kappa shape index (κ2) is 5.04. The monoisotopic (exact) mass is 212 g/mol. The van der Waals surface area contributed by atoms with E-state index in [-0.39, 0.29) is 11.4 Å². The first-order valence-corrected chi connectivity index (χ1v) is 4.38. The summed E-state index contributed by atoms with van der Waals surface area (Å²) < 4.78 is 9.91. The van der Waals surface area contributed by atoms with E-state index in [0.717, 1.165) is 0 Å². The Morgan fingerprint density at radius 3 is 2.87 bits per heavy atom. The smallest absolute Gasteiger partial charge is 0.296 e. The van der Waals surface area contributed by atoms with Gasteiger partial charge in [-0.2, -0.15) is 0 Å². The molecule has 0 spiro atoms. The number of ether oxygens (including phenoxy) is 2. The zero-order valence-electron chi connectivity index (χ0n) is 8.52. The molecule has 0 unspecified atom stereocenters. The average molecular weight is 212 g/mol. The van der Waals surface area contributed by atoms with Crippen LogP contribution in [-0.4, -0.2) is 18.6 Å². The number of dihydropyridines is 1. The van der Waals surface area contributed by atoms with E-state index in [9.17, 15) is 10.1 Å². The van der Waals surface area contributed by atoms with Crippen molar-refractivity contribution in [3.8, 4) is 0 Å². The molecule has 1 rings (SSSR count). The Morgan fingerprint density at radius 1 is 1.60 bits per heavy atom. The fourth-order valence-electron chi connectivity index (χ4n) is 1.02. The van der Waals surface area contributed by atoms with Gasteiger partial charge in [0.15, 0.2) is 11.6 Å². The highest BCUT2D eigenvalue weighted by atomic mass is 16.6. The third-order valence-electron chi connectivity index (χ3n) is 1.71. The molecule has 1 N–H and O–H groups in total. The van der Waals surface area contributed by atoms with E-state index in [1.165, 1.54) is 25.5 Å². The Kier molecular flexibility index (Phi) is 3.73. The molecule has 1 aliphatic rings. The van der Waals surface area contributed by atoms with Crippen LogP contribution in [0.2, 0.25) is 0 Å². The van der Waals surface area contributed by atoms with Gasteiger partial charge in [-0.15, -0.1) is 0 Å². The van der Waals surface area contributed by atoms with E-state index >= 15 is 0 Å². The number of methoxy groups -OCH3 is 1. The summed E-state index contributed by atoms with van der Waals surface area (Å²) in [5.41, 5.74) is 0.227. The van der Waals surface area contributed by atoms with Gasteiger partial charge in [-0.3, -0.25) is 10.1 Å². The molecule has 0 radical (unpaired) electrons. The lowest BCUT2D eigenvalue weighted by molar-refractivity contribution is -0.421. The van der Waals surface area contributed by atoms with E-state index in [4.69, 9.17) is 9.47 Å². The molecule has 1 heterocycles. The first kappa shape index (κ1) is 11.1. The lowest BCUT2D eigenvalue weighted by Crippen LogP contribution is -2.22. The largest absolute Gasteiger partial charge is 0.499 e. The summed E-state index contributed by atoms with van der Waals surface area (Å²) in [7, 11) is 1.47. The Morgan fingerprint density at radius 2 is 2.33 bits per heavy atom. The number of hydrogen-bond donors (Lipinski definition) is 1. The van der Waals surface area contributed by atoms with E-state index in [2.05, 4.69) is 5.32 Å². The van der Waals surface area contributed by atoms with Gasteiger partial charge in [0, 0.05) is 12.2 Å². The van der Waals surface area contributed by atoms with Crippen molar-refractivity contribution in [2.45, 2.75) is 6.92 Å². The maximum atomic E-state index is 10.7. The first-order chi connectivity index (χ1) is 7.19. The molecule has 0 aromatic rings. The Balaban J connectivity index is 2.92. The molecule has 1 aliphatic heterocycles. The van der Waals surface area contributed by atoms with E-state index < -0.39 is 4.92 Å². The summed E-state index contributed by atoms with van der Waals surface area (Å²) in [4.78, 5) is 10.2. The fraction of sp³-hybridized carbons (Fsp3) is 0.333. The van der Waals surface area contributed by atoms with Crippen LogP contribution in [0.3, 0.4) is 0 Å². The van der Waals surface area contributed by atoms with Crippen molar-refractivity contribution in [1.82, 2.24) is 5.32 Å². The normalized spacial score (nSPS) is 17.6. The SMILES string of the molecule is CCOC=C1NC(OC)=CC=C1[N+](=O)[O-]. The Hall–Kier alpha value is -1.98. The highest BCUT2D eigenvalue weighted by molar-refractivity contribution is 5.33. The van der Waals surface area contributed by atoms with Crippen LogP contribution in [0.25, 0.3) is 0 Å². The number of nitro groups is 1. The molecule has 6 nitrogen and oxygen atoms in total. The van der Waals surface area contributed by atoms with Crippen LogP contribution in [0.5, 0.6) is 0 Å². The second-order valence-electron chi connectivity index (χ2n) is 2.66. The quantitative estimate of drug-likeness (QED) is 0.429. The lowest BCUT2D eigenvalue weighted by atomic mass is 10.2. The van der Waals surface area contributed by atoms with E-state index in [1.54, 1.807) is 6.92 Å². The van der Waals surface area contributed by atoms with Crippen LogP contribution < -0.4 is 5.32 Å². The van der Waals surface area contributed by atoms with Crippen LogP contribution in [0.4, 0.5) is 0 Å². The molecule has 0 aliphatic carbocycles. The van der Waals surface area contributed by atoms with Gasteiger partial charge >= 0.3 is 0 Å². The average Bonchev–Trinajstić information content (AvgIpc) is 2.25.